The Morgan fingerprint density at radius 3 is 2.47 bits per heavy atom. The topological polar surface area (TPSA) is 12.9 Å². The molecular formula is C12H13IrNY-2. The van der Waals surface area contributed by atoms with Crippen molar-refractivity contribution in [3.05, 3.63) is 56.6 Å². The molecule has 0 aliphatic rings. The molecule has 0 N–H and O–H groups in total. The van der Waals surface area contributed by atoms with Gasteiger partial charge in [-0.3, -0.25) is 4.98 Å². The quantitative estimate of drug-likeness (QED) is 0.607. The van der Waals surface area contributed by atoms with Gasteiger partial charge in [0.1, 0.15) is 0 Å². The Kier molecular flexibility index (Phi) is 10.1. The van der Waals surface area contributed by atoms with Crippen molar-refractivity contribution in [2.45, 2.75) is 6.42 Å². The van der Waals surface area contributed by atoms with Gasteiger partial charge in [0, 0.05) is 70.1 Å². The zero-order chi connectivity index (χ0) is 8.39. The first-order valence-electron chi connectivity index (χ1n) is 4.03. The summed E-state index contributed by atoms with van der Waals surface area (Å²) >= 11 is 0. The van der Waals surface area contributed by atoms with Crippen LogP contribution in [0.1, 0.15) is 5.69 Å². The van der Waals surface area contributed by atoms with Gasteiger partial charge in [0.2, 0.25) is 0 Å². The summed E-state index contributed by atoms with van der Waals surface area (Å²) in [6.45, 7) is 3.84. The van der Waals surface area contributed by atoms with Crippen molar-refractivity contribution in [3.8, 4) is 0 Å². The maximum absolute atomic E-state index is 4.26. The zero-order valence-electron chi connectivity index (χ0n) is 8.74. The third-order valence-corrected chi connectivity index (χ3v) is 1.99. The molecule has 0 aliphatic heterocycles. The first-order valence-corrected chi connectivity index (χ1v) is 4.03. The summed E-state index contributed by atoms with van der Waals surface area (Å²) in [7, 11) is 0. The largest absolute Gasteiger partial charge is 0.358 e. The van der Waals surface area contributed by atoms with Gasteiger partial charge < -0.3 is 14.4 Å². The minimum atomic E-state index is 0. The Hall–Kier alpha value is 0.383. The second kappa shape index (κ2) is 8.53. The summed E-state index contributed by atoms with van der Waals surface area (Å²) in [5, 5.41) is 2.46. The SMILES string of the molecule is [CH2-]Cc1nccc2ccccc12.[CH3-].[Ir].[Y]. The second-order valence-electron chi connectivity index (χ2n) is 2.73. The molecule has 1 nitrogen and oxygen atoms in total. The van der Waals surface area contributed by atoms with Crippen LogP contribution in [-0.4, -0.2) is 4.98 Å². The van der Waals surface area contributed by atoms with Gasteiger partial charge in [0.05, 0.1) is 0 Å². The van der Waals surface area contributed by atoms with E-state index in [-0.39, 0.29) is 60.2 Å². The summed E-state index contributed by atoms with van der Waals surface area (Å²) < 4.78 is 0. The Morgan fingerprint density at radius 2 is 1.80 bits per heavy atom. The molecule has 1 aromatic carbocycles. The molecule has 0 fully saturated rings. The Bertz CT molecular complexity index is 398. The number of pyridine rings is 1. The summed E-state index contributed by atoms with van der Waals surface area (Å²) in [6, 6.07) is 10.3. The molecule has 0 bridgehead atoms. The van der Waals surface area contributed by atoms with Crippen molar-refractivity contribution in [2.75, 3.05) is 0 Å². The molecule has 80 valence electrons. The molecular weight excluding hydrogens is 439 g/mol. The average molecular weight is 452 g/mol. The molecule has 1 aromatic heterocycles. The van der Waals surface area contributed by atoms with Gasteiger partial charge in [-0.1, -0.05) is 24.3 Å². The summed E-state index contributed by atoms with van der Waals surface area (Å²) in [5.41, 5.74) is 1.08. The molecule has 3 heteroatoms. The molecule has 2 rings (SSSR count). The molecule has 0 saturated carbocycles. The zero-order valence-corrected chi connectivity index (χ0v) is 14.0. The van der Waals surface area contributed by atoms with E-state index in [1.165, 1.54) is 10.8 Å². The fraction of sp³-hybridized carbons (Fsp3) is 0.0833. The fourth-order valence-corrected chi connectivity index (χ4v) is 1.38. The number of nitrogens with zero attached hydrogens (tertiary/aromatic N) is 1. The predicted octanol–water partition coefficient (Wildman–Crippen LogP) is 3.06. The van der Waals surface area contributed by atoms with Gasteiger partial charge in [-0.2, -0.15) is 0 Å². The van der Waals surface area contributed by atoms with Crippen molar-refractivity contribution in [1.29, 1.82) is 0 Å². The van der Waals surface area contributed by atoms with Crippen LogP contribution < -0.4 is 0 Å². The van der Waals surface area contributed by atoms with Crippen molar-refractivity contribution in [3.63, 3.8) is 0 Å². The van der Waals surface area contributed by atoms with E-state index in [2.05, 4.69) is 24.0 Å². The Balaban J connectivity index is 0. The van der Waals surface area contributed by atoms with E-state index in [4.69, 9.17) is 0 Å². The number of fused-ring (bicyclic) bond motifs is 1. The van der Waals surface area contributed by atoms with E-state index < -0.39 is 0 Å². The standard InChI is InChI=1S/C11H10N.CH3.Ir.Y/c1-2-11-10-6-4-3-5-9(10)7-8-12-11;;;/h3-8H,1-2H2;1H3;;/q2*-1;;. The third-order valence-electron chi connectivity index (χ3n) is 1.99. The van der Waals surface area contributed by atoms with Crippen molar-refractivity contribution in [2.24, 2.45) is 0 Å². The second-order valence-corrected chi connectivity index (χ2v) is 2.73. The third kappa shape index (κ3) is 4.03. The van der Waals surface area contributed by atoms with Crippen LogP contribution in [0.3, 0.4) is 0 Å². The normalized spacial score (nSPS) is 8.33. The van der Waals surface area contributed by atoms with E-state index in [1.807, 2.05) is 24.4 Å². The average Bonchev–Trinajstić information content (AvgIpc) is 2.17. The first kappa shape index (κ1) is 17.8. The Labute approximate surface area is 130 Å². The molecule has 15 heavy (non-hydrogen) atoms. The van der Waals surface area contributed by atoms with Gasteiger partial charge in [-0.25, -0.2) is 0 Å². The Morgan fingerprint density at radius 1 is 1.13 bits per heavy atom. The van der Waals surface area contributed by atoms with E-state index in [0.29, 0.717) is 0 Å². The molecule has 0 spiro atoms. The van der Waals surface area contributed by atoms with Crippen LogP contribution in [0.15, 0.2) is 36.5 Å². The van der Waals surface area contributed by atoms with E-state index in [9.17, 15) is 0 Å². The van der Waals surface area contributed by atoms with E-state index in [1.54, 1.807) is 0 Å². The number of benzene rings is 1. The minimum absolute atomic E-state index is 0. The fourth-order valence-electron chi connectivity index (χ4n) is 1.38. The van der Waals surface area contributed by atoms with Crippen molar-refractivity contribution >= 4 is 10.8 Å². The summed E-state index contributed by atoms with van der Waals surface area (Å²) in [6.07, 6.45) is 2.59. The van der Waals surface area contributed by atoms with Gasteiger partial charge >= 0.3 is 0 Å². The van der Waals surface area contributed by atoms with E-state index in [0.717, 1.165) is 12.1 Å². The van der Waals surface area contributed by atoms with Crippen LogP contribution in [-0.2, 0) is 59.2 Å². The van der Waals surface area contributed by atoms with E-state index >= 15 is 0 Å². The molecule has 0 unspecified atom stereocenters. The summed E-state index contributed by atoms with van der Waals surface area (Å²) in [4.78, 5) is 4.26. The van der Waals surface area contributed by atoms with Gasteiger partial charge in [-0.05, 0) is 11.5 Å². The van der Waals surface area contributed by atoms with Crippen LogP contribution in [0.5, 0.6) is 0 Å². The van der Waals surface area contributed by atoms with Crippen molar-refractivity contribution < 1.29 is 52.8 Å². The van der Waals surface area contributed by atoms with Crippen LogP contribution in [0.25, 0.3) is 10.8 Å². The van der Waals surface area contributed by atoms with Gasteiger partial charge in [-0.15, -0.1) is 6.42 Å². The van der Waals surface area contributed by atoms with Crippen molar-refractivity contribution in [1.82, 2.24) is 4.98 Å². The smallest absolute Gasteiger partial charge is 0.0276 e. The number of hydrogen-bond acceptors (Lipinski definition) is 1. The maximum atomic E-state index is 4.26. The van der Waals surface area contributed by atoms with Crippen LogP contribution in [0, 0.1) is 14.4 Å². The van der Waals surface area contributed by atoms with Crippen LogP contribution in [0.2, 0.25) is 0 Å². The molecule has 1 heterocycles. The molecule has 0 saturated heterocycles. The molecule has 2 radical (unpaired) electrons. The predicted molar refractivity (Wildman–Crippen MR) is 57.2 cm³/mol. The monoisotopic (exact) mass is 453 g/mol. The summed E-state index contributed by atoms with van der Waals surface area (Å²) in [5.74, 6) is 0. The minimum Gasteiger partial charge on any atom is -0.358 e. The van der Waals surface area contributed by atoms with Crippen LogP contribution >= 0.6 is 0 Å². The van der Waals surface area contributed by atoms with Gasteiger partial charge in [0.25, 0.3) is 0 Å². The molecule has 0 amide bonds. The van der Waals surface area contributed by atoms with Gasteiger partial charge in [0.15, 0.2) is 0 Å². The molecule has 0 aliphatic carbocycles. The molecule has 0 atom stereocenters. The van der Waals surface area contributed by atoms with Crippen LogP contribution in [0.4, 0.5) is 0 Å². The maximum Gasteiger partial charge on any atom is 0.0276 e. The first-order chi connectivity index (χ1) is 5.92. The molecule has 2 aromatic rings. The number of hydrogen-bond donors (Lipinski definition) is 0. The number of rotatable bonds is 1. The number of aromatic nitrogens is 1.